The number of aliphatic hydroxyl groups excluding tert-OH is 5. The molecule has 2 aromatic carbocycles. The number of aliphatic hydroxyl groups is 5. The molecule has 0 aliphatic carbocycles. The molecule has 0 saturated heterocycles. The summed E-state index contributed by atoms with van der Waals surface area (Å²) in [4.78, 5) is 63.4. The predicted octanol–water partition coefficient (Wildman–Crippen LogP) is 13.4. The Morgan fingerprint density at radius 2 is 0.681 bits per heavy atom. The lowest BCUT2D eigenvalue weighted by atomic mass is 10.1. The molecule has 5 atom stereocenters. The summed E-state index contributed by atoms with van der Waals surface area (Å²) in [5.41, 5.74) is 34.1. The van der Waals surface area contributed by atoms with E-state index >= 15 is 0 Å². The monoisotopic (exact) mass is 1990 g/mol. The van der Waals surface area contributed by atoms with Crippen LogP contribution in [-0.2, 0) is 33.0 Å². The van der Waals surface area contributed by atoms with Crippen LogP contribution in [0.15, 0.2) is 177 Å². The zero-order valence-corrected chi connectivity index (χ0v) is 83.9. The van der Waals surface area contributed by atoms with Crippen molar-refractivity contribution in [2.75, 3.05) is 103 Å². The van der Waals surface area contributed by atoms with Crippen LogP contribution >= 0.6 is 67.5 Å². The van der Waals surface area contributed by atoms with Crippen molar-refractivity contribution in [2.24, 2.45) is 0 Å². The van der Waals surface area contributed by atoms with Crippen LogP contribution in [0.2, 0.25) is 0 Å². The topological polar surface area (TPSA) is 558 Å². The highest BCUT2D eigenvalue weighted by atomic mass is 32.1. The van der Waals surface area contributed by atoms with Gasteiger partial charge >= 0.3 is 0 Å². The Labute approximate surface area is 839 Å². The number of nitrogens with two attached hydrogens (primary N) is 5. The minimum absolute atomic E-state index is 0. The normalized spacial score (nSPS) is 11.6. The van der Waals surface area contributed by atoms with Crippen molar-refractivity contribution in [1.82, 2.24) is 83.6 Å². The molecule has 0 aliphatic heterocycles. The highest BCUT2D eigenvalue weighted by Gasteiger charge is 2.22. The van der Waals surface area contributed by atoms with Crippen molar-refractivity contribution in [2.45, 2.75) is 194 Å². The molecule has 12 heterocycles. The number of nitrogens with zero attached hydrogens (tertiary/aromatic N) is 17. The zero-order chi connectivity index (χ0) is 94.5. The number of benzene rings is 2. The molecule has 39 nitrogen and oxygen atoms in total. The van der Waals surface area contributed by atoms with E-state index in [1.165, 1.54) is 18.6 Å². The SMILES string of the molecule is CCCC[C@@H](CCO)Nc1nc(N)ncc1OCc1cc2ccccc2cn1.CCCC[C@@H](CO)Nc1nc(N)ncc1OCc1cn2ccccc2n1.CCCC[C@@H](CO)Nc1nc(N)ncc1OCc1nccc(OC)c1OC.CCCC[C@@H](CO)Nc1nc(N)ncc1OCc1nccc2ccccc12.CCC[C@@H](CO)Nc1nc(N)ncc1OCc1cn2ccccc2n1.S.S.S.S.S. The molecule has 0 aliphatic rings. The number of rotatable bonds is 47. The molecule has 0 amide bonds. The first-order valence-electron chi connectivity index (χ1n) is 44.6. The van der Waals surface area contributed by atoms with E-state index in [1.807, 2.05) is 137 Å². The van der Waals surface area contributed by atoms with Crippen LogP contribution in [0.25, 0.3) is 32.8 Å². The smallest absolute Gasteiger partial charge is 0.222 e. The van der Waals surface area contributed by atoms with Gasteiger partial charge in [-0.05, 0) is 85.7 Å². The summed E-state index contributed by atoms with van der Waals surface area (Å²) in [6.45, 7) is 11.9. The molecular formula is C94H135N27O12S5. The Balaban J connectivity index is 0.000000302. The number of nitrogen functional groups attached to an aromatic ring is 5. The van der Waals surface area contributed by atoms with E-state index in [2.05, 4.69) is 136 Å². The van der Waals surface area contributed by atoms with Crippen LogP contribution in [-0.4, -0.2) is 187 Å². The fourth-order valence-electron chi connectivity index (χ4n) is 13.7. The van der Waals surface area contributed by atoms with Crippen LogP contribution in [0, 0.1) is 0 Å². The van der Waals surface area contributed by atoms with Crippen LogP contribution < -0.4 is 88.4 Å². The zero-order valence-electron chi connectivity index (χ0n) is 78.9. The van der Waals surface area contributed by atoms with E-state index in [-0.39, 0.29) is 187 Å². The van der Waals surface area contributed by atoms with Crippen molar-refractivity contribution in [3.63, 3.8) is 0 Å². The fraction of sp³-hybridized carbons (Fsp3) is 0.394. The van der Waals surface area contributed by atoms with Crippen molar-refractivity contribution < 1.29 is 58.7 Å². The number of anilines is 10. The molecule has 0 unspecified atom stereocenters. The van der Waals surface area contributed by atoms with Gasteiger partial charge in [-0.1, -0.05) is 153 Å². The molecule has 0 radical (unpaired) electrons. The minimum Gasteiger partial charge on any atom is -0.493 e. The second kappa shape index (κ2) is 63.0. The Morgan fingerprint density at radius 3 is 1.07 bits per heavy atom. The number of ether oxygens (including phenoxy) is 7. The molecule has 138 heavy (non-hydrogen) atoms. The second-order valence-corrected chi connectivity index (χ2v) is 30.8. The van der Waals surface area contributed by atoms with Crippen LogP contribution in [0.1, 0.15) is 159 Å². The van der Waals surface area contributed by atoms with Gasteiger partial charge < -0.3 is 123 Å². The Bertz CT molecular complexity index is 5790. The lowest BCUT2D eigenvalue weighted by Gasteiger charge is -2.20. The van der Waals surface area contributed by atoms with Gasteiger partial charge in [-0.3, -0.25) is 15.0 Å². The lowest BCUT2D eigenvalue weighted by Crippen LogP contribution is -2.25. The highest BCUT2D eigenvalue weighted by Crippen LogP contribution is 2.34. The molecule has 0 spiro atoms. The van der Waals surface area contributed by atoms with Crippen molar-refractivity contribution >= 4 is 159 Å². The molecule has 0 bridgehead atoms. The number of unbranched alkanes of at least 4 members (excludes halogenated alkanes) is 4. The summed E-state index contributed by atoms with van der Waals surface area (Å²) < 4.78 is 43.9. The maximum Gasteiger partial charge on any atom is 0.222 e. The van der Waals surface area contributed by atoms with Gasteiger partial charge in [-0.25, -0.2) is 34.9 Å². The van der Waals surface area contributed by atoms with Gasteiger partial charge in [0.25, 0.3) is 0 Å². The first kappa shape index (κ1) is 116. The Hall–Kier alpha value is -12.7. The predicted molar refractivity (Wildman–Crippen MR) is 567 cm³/mol. The summed E-state index contributed by atoms with van der Waals surface area (Å²) in [5.74, 6) is 6.59. The van der Waals surface area contributed by atoms with Gasteiger partial charge in [0.1, 0.15) is 50.0 Å². The highest BCUT2D eigenvalue weighted by molar-refractivity contribution is 7.60. The summed E-state index contributed by atoms with van der Waals surface area (Å²) in [5, 5.41) is 68.1. The van der Waals surface area contributed by atoms with E-state index in [1.54, 1.807) is 45.1 Å². The number of hydrogen-bond donors (Lipinski definition) is 15. The average Bonchev–Trinajstić information content (AvgIpc) is 1.11. The number of pyridine rings is 5. The van der Waals surface area contributed by atoms with Gasteiger partial charge in [0, 0.05) is 72.9 Å². The van der Waals surface area contributed by atoms with Gasteiger partial charge in [-0.2, -0.15) is 92.4 Å². The van der Waals surface area contributed by atoms with Gasteiger partial charge in [-0.15, -0.1) is 0 Å². The van der Waals surface area contributed by atoms with Crippen LogP contribution in [0.3, 0.4) is 0 Å². The molecule has 0 saturated carbocycles. The lowest BCUT2D eigenvalue weighted by molar-refractivity contribution is 0.264. The van der Waals surface area contributed by atoms with E-state index in [9.17, 15) is 25.5 Å². The average molecular weight is 2000 g/mol. The molecule has 748 valence electrons. The number of methoxy groups -OCH3 is 2. The molecule has 44 heteroatoms. The Kier molecular flexibility index (Phi) is 52.8. The summed E-state index contributed by atoms with van der Waals surface area (Å²) in [7, 11) is 3.10. The molecule has 12 aromatic heterocycles. The largest absolute Gasteiger partial charge is 0.493 e. The molecule has 14 aromatic rings. The van der Waals surface area contributed by atoms with Gasteiger partial charge in [0.05, 0.1) is 119 Å². The standard InChI is InChI=1S/C21H27N5O2.C20H25N5O2.C18H24N6O2.C18H27N5O4.C17H22N6O2.5H2S/c1-2-3-8-17(9-10-27)25-20-19(13-24-21(22)26-20)28-14-18-11-15-6-4-5-7-16(15)12-23-18;1-2-3-7-15(12-26)24-19-18(11-23-20(21)25-19)27-13-17-16-8-5-4-6-14(16)9-10-22-17;1-2-3-6-13(11-25)22-17-15(9-20-18(19)23-17)26-12-14-10-24-8-5-4-7-16(24)21-14;1-4-5-6-12(10-24)22-17-15(9-21-18(19)23-17)27-11-13-16(26-3)14(25-2)7-8-20-13;1-2-5-12(10-24)21-16-14(8-19-17(18)22-16)25-11-13-9-23-7-4-3-6-15(23)20-13;;;;;/h4-7,11-13,17,27H,2-3,8-10,14H2,1H3,(H3,22,24,25,26);4-6,8-11,15,26H,2-3,7,12-13H2,1H3,(H3,21,23,24,25);4-5,7-10,13,25H,2-3,6,11-12H2,1H3,(H3,19,20,22,23);7-9,12,24H,4-6,10-11H2,1-3H3,(H3,19,21,22,23);3-4,6-9,12,24H,2,5,10-11H2,1H3,(H3,18,19,21,22);5*1H2/t17-;15-;13-;2*12-;;;;;/m00000...../s1. The number of aromatic nitrogens is 17. The maximum absolute atomic E-state index is 9.61. The molecular weight excluding hydrogens is 1860 g/mol. The van der Waals surface area contributed by atoms with Crippen LogP contribution in [0.5, 0.6) is 40.2 Å². The third-order valence-corrected chi connectivity index (χ3v) is 20.7. The molecule has 0 fully saturated rings. The third-order valence-electron chi connectivity index (χ3n) is 20.7. The quantitative estimate of drug-likeness (QED) is 0.0168. The van der Waals surface area contributed by atoms with E-state index < -0.39 is 0 Å². The third kappa shape index (κ3) is 36.7. The van der Waals surface area contributed by atoms with Gasteiger partial charge in [0.2, 0.25) is 29.7 Å². The maximum atomic E-state index is 9.61. The van der Waals surface area contributed by atoms with E-state index in [0.717, 1.165) is 146 Å². The van der Waals surface area contributed by atoms with Gasteiger partial charge in [0.15, 0.2) is 69.3 Å². The summed E-state index contributed by atoms with van der Waals surface area (Å²) in [6.07, 6.45) is 34.7. The Morgan fingerprint density at radius 1 is 0.326 bits per heavy atom. The molecule has 14 rings (SSSR count). The molecule has 20 N–H and O–H groups in total. The van der Waals surface area contributed by atoms with E-state index in [0.29, 0.717) is 88.1 Å². The first-order valence-corrected chi connectivity index (χ1v) is 44.6. The number of hydrogen-bond acceptors (Lipinski definition) is 37. The first-order chi connectivity index (χ1) is 64.9. The number of nitrogens with one attached hydrogen (secondary N) is 5. The fourth-order valence-corrected chi connectivity index (χ4v) is 13.7. The van der Waals surface area contributed by atoms with Crippen molar-refractivity contribution in [1.29, 1.82) is 0 Å². The van der Waals surface area contributed by atoms with Crippen molar-refractivity contribution in [3.8, 4) is 40.2 Å². The second-order valence-electron chi connectivity index (χ2n) is 30.8. The number of imidazole rings is 2. The summed E-state index contributed by atoms with van der Waals surface area (Å²) in [6, 6.07) is 33.0. The summed E-state index contributed by atoms with van der Waals surface area (Å²) >= 11 is 0. The van der Waals surface area contributed by atoms with E-state index in [4.69, 9.17) is 61.8 Å². The minimum atomic E-state index is -0.147. The van der Waals surface area contributed by atoms with Crippen molar-refractivity contribution in [3.05, 3.63) is 206 Å². The number of fused-ring (bicyclic) bond motifs is 4. The van der Waals surface area contributed by atoms with Crippen LogP contribution in [0.4, 0.5) is 58.8 Å².